The highest BCUT2D eigenvalue weighted by Crippen LogP contribution is 2.30. The van der Waals surface area contributed by atoms with Crippen molar-refractivity contribution in [2.24, 2.45) is 0 Å². The van der Waals surface area contributed by atoms with Crippen molar-refractivity contribution in [1.82, 2.24) is 4.31 Å². The summed E-state index contributed by atoms with van der Waals surface area (Å²) in [7, 11) is -3.54. The Kier molecular flexibility index (Phi) is 8.65. The van der Waals surface area contributed by atoms with Crippen LogP contribution in [0.25, 0.3) is 0 Å². The monoisotopic (exact) mass is 446 g/mol. The Hall–Kier alpha value is -2.38. The predicted molar refractivity (Wildman–Crippen MR) is 125 cm³/mol. The molecule has 0 atom stereocenters. The summed E-state index contributed by atoms with van der Waals surface area (Å²) in [6, 6.07) is 13.9. The quantitative estimate of drug-likeness (QED) is 0.568. The minimum Gasteiger partial charge on any atom is -0.483 e. The van der Waals surface area contributed by atoms with E-state index < -0.39 is 10.0 Å². The number of anilines is 1. The molecule has 0 bridgehead atoms. The van der Waals surface area contributed by atoms with Crippen molar-refractivity contribution in [3.63, 3.8) is 0 Å². The topological polar surface area (TPSA) is 75.7 Å². The number of ether oxygens (including phenoxy) is 1. The fraction of sp³-hybridized carbons (Fsp3) is 0.458. The lowest BCUT2D eigenvalue weighted by Crippen LogP contribution is -2.32. The summed E-state index contributed by atoms with van der Waals surface area (Å²) in [5.41, 5.74) is 1.45. The summed E-state index contributed by atoms with van der Waals surface area (Å²) >= 11 is 0. The summed E-state index contributed by atoms with van der Waals surface area (Å²) in [5.74, 6) is 0.372. The van der Waals surface area contributed by atoms with Gasteiger partial charge in [-0.1, -0.05) is 52.8 Å². The molecular formula is C24H34N2O4S. The van der Waals surface area contributed by atoms with E-state index in [4.69, 9.17) is 4.74 Å². The number of nitrogens with zero attached hydrogens (tertiary/aromatic N) is 1. The van der Waals surface area contributed by atoms with Gasteiger partial charge in [0, 0.05) is 18.8 Å². The van der Waals surface area contributed by atoms with Crippen molar-refractivity contribution in [2.75, 3.05) is 25.0 Å². The molecule has 0 aliphatic rings. The Bertz CT molecular complexity index is 958. The maximum atomic E-state index is 12.8. The molecule has 0 unspecified atom stereocenters. The number of hydrogen-bond acceptors (Lipinski definition) is 4. The molecule has 2 rings (SSSR count). The molecule has 0 fully saturated rings. The van der Waals surface area contributed by atoms with Crippen LogP contribution in [0.15, 0.2) is 53.4 Å². The van der Waals surface area contributed by atoms with E-state index in [1.54, 1.807) is 12.1 Å². The Morgan fingerprint density at radius 2 is 1.55 bits per heavy atom. The normalized spacial score (nSPS) is 12.1. The Labute approximate surface area is 186 Å². The Balaban J connectivity index is 2.03. The lowest BCUT2D eigenvalue weighted by molar-refractivity contribution is -0.118. The van der Waals surface area contributed by atoms with E-state index in [1.807, 2.05) is 38.1 Å². The summed E-state index contributed by atoms with van der Waals surface area (Å²) in [6.07, 6.45) is 1.51. The van der Waals surface area contributed by atoms with Gasteiger partial charge in [-0.15, -0.1) is 0 Å². The second-order valence-electron chi connectivity index (χ2n) is 8.51. The predicted octanol–water partition coefficient (Wildman–Crippen LogP) is 4.81. The van der Waals surface area contributed by atoms with Crippen LogP contribution in [0.5, 0.6) is 5.75 Å². The van der Waals surface area contributed by atoms with E-state index in [-0.39, 0.29) is 22.8 Å². The van der Waals surface area contributed by atoms with Crippen LogP contribution in [-0.4, -0.2) is 38.3 Å². The van der Waals surface area contributed by atoms with Crippen molar-refractivity contribution < 1.29 is 17.9 Å². The number of hydrogen-bond donors (Lipinski definition) is 1. The molecule has 6 nitrogen and oxygen atoms in total. The molecule has 2 aromatic carbocycles. The van der Waals surface area contributed by atoms with Gasteiger partial charge in [0.25, 0.3) is 5.91 Å². The van der Waals surface area contributed by atoms with Gasteiger partial charge in [-0.25, -0.2) is 8.42 Å². The Morgan fingerprint density at radius 3 is 2.10 bits per heavy atom. The smallest absolute Gasteiger partial charge is 0.262 e. The third-order valence-corrected chi connectivity index (χ3v) is 6.69. The van der Waals surface area contributed by atoms with Gasteiger partial charge in [-0.3, -0.25) is 4.79 Å². The number of carbonyl (C=O) groups excluding carboxylic acids is 1. The summed E-state index contributed by atoms with van der Waals surface area (Å²) in [5, 5.41) is 2.76. The van der Waals surface area contributed by atoms with Gasteiger partial charge in [-0.2, -0.15) is 4.31 Å². The minimum atomic E-state index is -3.54. The van der Waals surface area contributed by atoms with Crippen molar-refractivity contribution in [3.8, 4) is 5.75 Å². The highest BCUT2D eigenvalue weighted by Gasteiger charge is 2.23. The molecule has 0 aliphatic heterocycles. The highest BCUT2D eigenvalue weighted by molar-refractivity contribution is 7.89. The van der Waals surface area contributed by atoms with Crippen LogP contribution < -0.4 is 10.1 Å². The van der Waals surface area contributed by atoms with Gasteiger partial charge < -0.3 is 10.1 Å². The maximum absolute atomic E-state index is 12.8. The van der Waals surface area contributed by atoms with E-state index in [1.165, 1.54) is 16.4 Å². The highest BCUT2D eigenvalue weighted by atomic mass is 32.2. The number of para-hydroxylation sites is 1. The summed E-state index contributed by atoms with van der Waals surface area (Å²) in [4.78, 5) is 12.6. The second kappa shape index (κ2) is 10.8. The van der Waals surface area contributed by atoms with Gasteiger partial charge >= 0.3 is 0 Å². The molecule has 0 radical (unpaired) electrons. The van der Waals surface area contributed by atoms with E-state index >= 15 is 0 Å². The van der Waals surface area contributed by atoms with Gasteiger partial charge in [0.1, 0.15) is 5.75 Å². The maximum Gasteiger partial charge on any atom is 0.262 e. The number of rotatable bonds is 10. The van der Waals surface area contributed by atoms with E-state index in [0.717, 1.165) is 18.4 Å². The number of amides is 1. The van der Waals surface area contributed by atoms with Crippen LogP contribution in [-0.2, 0) is 20.2 Å². The SMILES string of the molecule is CCCN(CCC)S(=O)(=O)c1ccc(NC(=O)COc2ccccc2C(C)(C)C)cc1. The first-order chi connectivity index (χ1) is 14.6. The zero-order valence-corrected chi connectivity index (χ0v) is 20.0. The first kappa shape index (κ1) is 24.9. The van der Waals surface area contributed by atoms with Crippen molar-refractivity contribution in [3.05, 3.63) is 54.1 Å². The van der Waals surface area contributed by atoms with Crippen LogP contribution >= 0.6 is 0 Å². The molecule has 1 N–H and O–H groups in total. The fourth-order valence-corrected chi connectivity index (χ4v) is 4.89. The molecule has 0 spiro atoms. The van der Waals surface area contributed by atoms with Crippen molar-refractivity contribution >= 4 is 21.6 Å². The number of nitrogens with one attached hydrogen (secondary N) is 1. The summed E-state index contributed by atoms with van der Waals surface area (Å²) < 4.78 is 32.9. The molecule has 0 saturated carbocycles. The first-order valence-corrected chi connectivity index (χ1v) is 12.2. The number of benzene rings is 2. The molecule has 7 heteroatoms. The molecule has 2 aromatic rings. The lowest BCUT2D eigenvalue weighted by atomic mass is 9.86. The number of carbonyl (C=O) groups is 1. The first-order valence-electron chi connectivity index (χ1n) is 10.7. The molecule has 0 aromatic heterocycles. The minimum absolute atomic E-state index is 0.0994. The largest absolute Gasteiger partial charge is 0.483 e. The fourth-order valence-electron chi connectivity index (χ4n) is 3.26. The van der Waals surface area contributed by atoms with Gasteiger partial charge in [0.05, 0.1) is 4.90 Å². The molecule has 170 valence electrons. The van der Waals surface area contributed by atoms with Crippen LogP contribution in [0.2, 0.25) is 0 Å². The van der Waals surface area contributed by atoms with Crippen LogP contribution in [0, 0.1) is 0 Å². The van der Waals surface area contributed by atoms with E-state index in [0.29, 0.717) is 24.5 Å². The third kappa shape index (κ3) is 6.80. The average molecular weight is 447 g/mol. The Morgan fingerprint density at radius 1 is 0.968 bits per heavy atom. The standard InChI is InChI=1S/C24H34N2O4S/c1-6-16-26(17-7-2)31(28,29)20-14-12-19(13-15-20)25-23(27)18-30-22-11-9-8-10-21(22)24(3,4)5/h8-15H,6-7,16-18H2,1-5H3,(H,25,27). The van der Waals surface area contributed by atoms with Crippen molar-refractivity contribution in [2.45, 2.75) is 57.8 Å². The average Bonchev–Trinajstić information content (AvgIpc) is 2.72. The van der Waals surface area contributed by atoms with Crippen LogP contribution in [0.3, 0.4) is 0 Å². The molecule has 0 heterocycles. The molecular weight excluding hydrogens is 412 g/mol. The van der Waals surface area contributed by atoms with E-state index in [9.17, 15) is 13.2 Å². The van der Waals surface area contributed by atoms with Crippen LogP contribution in [0.1, 0.15) is 53.0 Å². The van der Waals surface area contributed by atoms with Gasteiger partial charge in [0.2, 0.25) is 10.0 Å². The van der Waals surface area contributed by atoms with E-state index in [2.05, 4.69) is 26.1 Å². The lowest BCUT2D eigenvalue weighted by Gasteiger charge is -2.22. The zero-order valence-electron chi connectivity index (χ0n) is 19.1. The molecule has 31 heavy (non-hydrogen) atoms. The second-order valence-corrected chi connectivity index (χ2v) is 10.4. The number of sulfonamides is 1. The van der Waals surface area contributed by atoms with Gasteiger partial charge in [0.15, 0.2) is 6.61 Å². The zero-order chi connectivity index (χ0) is 23.1. The van der Waals surface area contributed by atoms with Crippen molar-refractivity contribution in [1.29, 1.82) is 0 Å². The summed E-state index contributed by atoms with van der Waals surface area (Å²) in [6.45, 7) is 11.0. The van der Waals surface area contributed by atoms with Crippen LogP contribution in [0.4, 0.5) is 5.69 Å². The molecule has 1 amide bonds. The molecule has 0 aliphatic carbocycles. The third-order valence-electron chi connectivity index (χ3n) is 4.78. The molecule has 0 saturated heterocycles. The van der Waals surface area contributed by atoms with Gasteiger partial charge in [-0.05, 0) is 54.2 Å².